The van der Waals surface area contributed by atoms with Crippen LogP contribution in [0, 0.1) is 0 Å². The molecule has 0 atom stereocenters. The topological polar surface area (TPSA) is 3.24 Å². The molecule has 0 radical (unpaired) electrons. The summed E-state index contributed by atoms with van der Waals surface area (Å²) in [6, 6.07) is 0. The molecule has 0 aromatic carbocycles. The summed E-state index contributed by atoms with van der Waals surface area (Å²) < 4.78 is 2.59. The van der Waals surface area contributed by atoms with E-state index < -0.39 is 0 Å². The number of rotatable bonds is 1. The predicted octanol–water partition coefficient (Wildman–Crippen LogP) is 1.74. The van der Waals surface area contributed by atoms with Gasteiger partial charge in [0.05, 0.1) is 0 Å². The lowest BCUT2D eigenvalue weighted by Crippen LogP contribution is -2.10. The van der Waals surface area contributed by atoms with Crippen LogP contribution in [0.2, 0.25) is 0 Å². The third-order valence-electron chi connectivity index (χ3n) is 1.65. The molecular formula is C6H14NP. The molecule has 0 unspecified atom stereocenters. The first-order valence-corrected chi connectivity index (χ1v) is 5.42. The van der Waals surface area contributed by atoms with Crippen molar-refractivity contribution in [2.45, 2.75) is 12.8 Å². The maximum absolute atomic E-state index is 2.59. The van der Waals surface area contributed by atoms with E-state index in [1.165, 1.54) is 25.9 Å². The van der Waals surface area contributed by atoms with Crippen LogP contribution in [-0.4, -0.2) is 31.1 Å². The summed E-state index contributed by atoms with van der Waals surface area (Å²) in [5.74, 6) is 0. The van der Waals surface area contributed by atoms with Crippen LogP contribution in [0.5, 0.6) is 0 Å². The van der Waals surface area contributed by atoms with Crippen molar-refractivity contribution in [3.05, 3.63) is 0 Å². The van der Waals surface area contributed by atoms with Crippen LogP contribution >= 0.6 is 8.07 Å². The minimum atomic E-state index is 0.232. The van der Waals surface area contributed by atoms with E-state index >= 15 is 0 Å². The molecule has 0 aromatic rings. The molecular weight excluding hydrogens is 117 g/mol. The predicted molar refractivity (Wildman–Crippen MR) is 39.6 cm³/mol. The molecule has 1 rings (SSSR count). The molecule has 0 N–H and O–H groups in total. The standard InChI is InChI=1S/C6H14NP/c1-8(2)7-5-3-4-6-7/h3-6H2,1-2H3. The van der Waals surface area contributed by atoms with Crippen molar-refractivity contribution in [2.75, 3.05) is 26.4 Å². The highest BCUT2D eigenvalue weighted by Crippen LogP contribution is 2.33. The van der Waals surface area contributed by atoms with Gasteiger partial charge in [0.25, 0.3) is 0 Å². The van der Waals surface area contributed by atoms with Crippen molar-refractivity contribution in [3.63, 3.8) is 0 Å². The van der Waals surface area contributed by atoms with E-state index in [-0.39, 0.29) is 8.07 Å². The molecule has 1 aliphatic heterocycles. The van der Waals surface area contributed by atoms with Gasteiger partial charge in [0, 0.05) is 13.1 Å². The van der Waals surface area contributed by atoms with Crippen LogP contribution in [0.25, 0.3) is 0 Å². The minimum Gasteiger partial charge on any atom is -0.282 e. The Morgan fingerprint density at radius 2 is 1.62 bits per heavy atom. The smallest absolute Gasteiger partial charge is 0.00212 e. The quantitative estimate of drug-likeness (QED) is 0.490. The van der Waals surface area contributed by atoms with E-state index in [0.29, 0.717) is 0 Å². The van der Waals surface area contributed by atoms with Gasteiger partial charge in [0.15, 0.2) is 0 Å². The molecule has 8 heavy (non-hydrogen) atoms. The van der Waals surface area contributed by atoms with E-state index in [4.69, 9.17) is 0 Å². The van der Waals surface area contributed by atoms with Crippen molar-refractivity contribution in [1.29, 1.82) is 0 Å². The van der Waals surface area contributed by atoms with Crippen LogP contribution in [0.3, 0.4) is 0 Å². The SMILES string of the molecule is CP(C)N1CCCC1. The van der Waals surface area contributed by atoms with Crippen molar-refractivity contribution in [1.82, 2.24) is 4.67 Å². The van der Waals surface area contributed by atoms with Crippen LogP contribution in [0.4, 0.5) is 0 Å². The highest BCUT2D eigenvalue weighted by Gasteiger charge is 2.12. The lowest BCUT2D eigenvalue weighted by Gasteiger charge is -2.18. The Bertz CT molecular complexity index is 66.9. The molecule has 0 saturated carbocycles. The van der Waals surface area contributed by atoms with E-state index in [2.05, 4.69) is 18.0 Å². The summed E-state index contributed by atoms with van der Waals surface area (Å²) in [5, 5.41) is 0. The van der Waals surface area contributed by atoms with E-state index in [1.807, 2.05) is 0 Å². The molecule has 1 saturated heterocycles. The minimum absolute atomic E-state index is 0.232. The van der Waals surface area contributed by atoms with Gasteiger partial charge in [0.2, 0.25) is 0 Å². The second-order valence-electron chi connectivity index (χ2n) is 2.51. The van der Waals surface area contributed by atoms with Gasteiger partial charge >= 0.3 is 0 Å². The third kappa shape index (κ3) is 1.43. The van der Waals surface area contributed by atoms with Crippen molar-refractivity contribution < 1.29 is 0 Å². The molecule has 1 nitrogen and oxygen atoms in total. The maximum Gasteiger partial charge on any atom is 0.00212 e. The number of hydrogen-bond acceptors (Lipinski definition) is 1. The monoisotopic (exact) mass is 131 g/mol. The fourth-order valence-electron chi connectivity index (χ4n) is 1.10. The first-order chi connectivity index (χ1) is 3.80. The fourth-order valence-corrected chi connectivity index (χ4v) is 2.18. The molecule has 0 spiro atoms. The zero-order valence-electron chi connectivity index (χ0n) is 5.72. The molecule has 2 heteroatoms. The lowest BCUT2D eigenvalue weighted by molar-refractivity contribution is 0.570. The first-order valence-electron chi connectivity index (χ1n) is 3.23. The third-order valence-corrected chi connectivity index (χ3v) is 3.18. The van der Waals surface area contributed by atoms with Crippen molar-refractivity contribution >= 4 is 8.07 Å². The molecule has 48 valence electrons. The Morgan fingerprint density at radius 1 is 1.12 bits per heavy atom. The summed E-state index contributed by atoms with van der Waals surface area (Å²) in [5.41, 5.74) is 0. The van der Waals surface area contributed by atoms with E-state index in [9.17, 15) is 0 Å². The highest BCUT2D eigenvalue weighted by atomic mass is 31.1. The van der Waals surface area contributed by atoms with E-state index in [0.717, 1.165) is 0 Å². The Morgan fingerprint density at radius 3 is 1.88 bits per heavy atom. The lowest BCUT2D eigenvalue weighted by atomic mass is 10.4. The zero-order chi connectivity index (χ0) is 5.98. The summed E-state index contributed by atoms with van der Waals surface area (Å²) in [6.45, 7) is 7.39. The number of hydrogen-bond donors (Lipinski definition) is 0. The van der Waals surface area contributed by atoms with Gasteiger partial charge in [-0.3, -0.25) is 4.67 Å². The Hall–Kier alpha value is 0.390. The molecule has 0 bridgehead atoms. The van der Waals surface area contributed by atoms with Crippen LogP contribution in [-0.2, 0) is 0 Å². The average Bonchev–Trinajstić information content (AvgIpc) is 2.12. The average molecular weight is 131 g/mol. The normalized spacial score (nSPS) is 22.9. The van der Waals surface area contributed by atoms with Gasteiger partial charge in [-0.1, -0.05) is 0 Å². The van der Waals surface area contributed by atoms with Gasteiger partial charge < -0.3 is 0 Å². The number of nitrogens with zero attached hydrogens (tertiary/aromatic N) is 1. The van der Waals surface area contributed by atoms with Gasteiger partial charge in [-0.2, -0.15) is 0 Å². The molecule has 0 aliphatic carbocycles. The summed E-state index contributed by atoms with van der Waals surface area (Å²) >= 11 is 0. The van der Waals surface area contributed by atoms with Gasteiger partial charge in [-0.05, 0) is 34.2 Å². The Labute approximate surface area is 52.9 Å². The molecule has 0 amide bonds. The van der Waals surface area contributed by atoms with Crippen LogP contribution < -0.4 is 0 Å². The maximum atomic E-state index is 2.59. The van der Waals surface area contributed by atoms with Gasteiger partial charge in [0.1, 0.15) is 0 Å². The molecule has 1 heterocycles. The highest BCUT2D eigenvalue weighted by molar-refractivity contribution is 7.53. The van der Waals surface area contributed by atoms with Gasteiger partial charge in [-0.25, -0.2) is 0 Å². The van der Waals surface area contributed by atoms with Crippen LogP contribution in [0.1, 0.15) is 12.8 Å². The summed E-state index contributed by atoms with van der Waals surface area (Å²) in [7, 11) is 0.232. The first kappa shape index (κ1) is 6.51. The Balaban J connectivity index is 2.24. The molecule has 0 aromatic heterocycles. The van der Waals surface area contributed by atoms with Crippen molar-refractivity contribution in [3.8, 4) is 0 Å². The second-order valence-corrected chi connectivity index (χ2v) is 4.77. The Kier molecular flexibility index (Phi) is 2.27. The molecule has 1 aliphatic rings. The van der Waals surface area contributed by atoms with Gasteiger partial charge in [-0.15, -0.1) is 0 Å². The fraction of sp³-hybridized carbons (Fsp3) is 1.00. The summed E-state index contributed by atoms with van der Waals surface area (Å²) in [4.78, 5) is 0. The second kappa shape index (κ2) is 2.80. The van der Waals surface area contributed by atoms with Crippen molar-refractivity contribution in [2.24, 2.45) is 0 Å². The summed E-state index contributed by atoms with van der Waals surface area (Å²) in [6.07, 6.45) is 2.86. The molecule has 1 fully saturated rings. The zero-order valence-corrected chi connectivity index (χ0v) is 6.62. The van der Waals surface area contributed by atoms with E-state index in [1.54, 1.807) is 0 Å². The largest absolute Gasteiger partial charge is 0.282 e. The van der Waals surface area contributed by atoms with Crippen LogP contribution in [0.15, 0.2) is 0 Å².